The van der Waals surface area contributed by atoms with E-state index in [0.29, 0.717) is 19.5 Å². The number of thiazole rings is 1. The molecule has 2 atom stereocenters. The second-order valence-corrected chi connectivity index (χ2v) is 6.38. The molecule has 1 fully saturated rings. The Morgan fingerprint density at radius 3 is 2.85 bits per heavy atom. The van der Waals surface area contributed by atoms with Gasteiger partial charge in [0.2, 0.25) is 5.91 Å². The van der Waals surface area contributed by atoms with Crippen molar-refractivity contribution in [3.63, 3.8) is 0 Å². The van der Waals surface area contributed by atoms with Crippen LogP contribution in [-0.4, -0.2) is 40.0 Å². The number of carboxylic acids is 1. The van der Waals surface area contributed by atoms with E-state index in [1.165, 1.54) is 11.3 Å². The molecule has 0 aromatic carbocycles. The molecule has 1 amide bonds. The Morgan fingerprint density at radius 2 is 2.25 bits per heavy atom. The summed E-state index contributed by atoms with van der Waals surface area (Å²) < 4.78 is 0. The number of amides is 1. The first-order valence-electron chi connectivity index (χ1n) is 6.93. The minimum absolute atomic E-state index is 0.0141. The van der Waals surface area contributed by atoms with Crippen LogP contribution in [0.25, 0.3) is 0 Å². The molecular weight excluding hydrogens is 276 g/mol. The number of likely N-dealkylation sites (tertiary alicyclic amines) is 1. The van der Waals surface area contributed by atoms with Gasteiger partial charge in [-0.2, -0.15) is 0 Å². The monoisotopic (exact) mass is 296 g/mol. The van der Waals surface area contributed by atoms with Crippen molar-refractivity contribution in [2.75, 3.05) is 13.1 Å². The van der Waals surface area contributed by atoms with Crippen LogP contribution < -0.4 is 0 Å². The van der Waals surface area contributed by atoms with E-state index in [1.54, 1.807) is 4.90 Å². The fourth-order valence-corrected chi connectivity index (χ4v) is 3.44. The predicted molar refractivity (Wildman–Crippen MR) is 76.7 cm³/mol. The average molecular weight is 296 g/mol. The molecule has 5 nitrogen and oxygen atoms in total. The maximum Gasteiger partial charge on any atom is 0.308 e. The Bertz CT molecular complexity index is 500. The number of hydrogen-bond acceptors (Lipinski definition) is 4. The van der Waals surface area contributed by atoms with Crippen molar-refractivity contribution in [2.45, 2.75) is 33.1 Å². The summed E-state index contributed by atoms with van der Waals surface area (Å²) in [6, 6.07) is 0. The summed E-state index contributed by atoms with van der Waals surface area (Å²) in [7, 11) is 0. The Hall–Kier alpha value is -1.43. The molecule has 1 aliphatic heterocycles. The van der Waals surface area contributed by atoms with E-state index in [9.17, 15) is 9.59 Å². The Balaban J connectivity index is 1.99. The van der Waals surface area contributed by atoms with Gasteiger partial charge in [0.05, 0.1) is 18.0 Å². The summed E-state index contributed by atoms with van der Waals surface area (Å²) in [6.45, 7) is 5.00. The predicted octanol–water partition coefficient (Wildman–Crippen LogP) is 1.82. The molecule has 0 radical (unpaired) electrons. The van der Waals surface area contributed by atoms with Crippen LogP contribution in [0.1, 0.15) is 31.0 Å². The smallest absolute Gasteiger partial charge is 0.308 e. The van der Waals surface area contributed by atoms with Crippen LogP contribution in [0.15, 0.2) is 5.38 Å². The molecule has 0 saturated carbocycles. The Kier molecular flexibility index (Phi) is 4.75. The van der Waals surface area contributed by atoms with Crippen LogP contribution in [0, 0.1) is 11.8 Å². The summed E-state index contributed by atoms with van der Waals surface area (Å²) in [6.07, 6.45) is 1.80. The van der Waals surface area contributed by atoms with E-state index in [1.807, 2.05) is 19.2 Å². The van der Waals surface area contributed by atoms with Crippen molar-refractivity contribution in [1.29, 1.82) is 0 Å². The number of hydrogen-bond donors (Lipinski definition) is 1. The highest BCUT2D eigenvalue weighted by molar-refractivity contribution is 7.09. The Labute approximate surface area is 122 Å². The van der Waals surface area contributed by atoms with Gasteiger partial charge in [-0.25, -0.2) is 4.98 Å². The molecule has 0 spiro atoms. The van der Waals surface area contributed by atoms with E-state index in [4.69, 9.17) is 5.11 Å². The van der Waals surface area contributed by atoms with Crippen LogP contribution >= 0.6 is 11.3 Å². The number of aliphatic carboxylic acids is 1. The maximum atomic E-state index is 12.3. The summed E-state index contributed by atoms with van der Waals surface area (Å²) in [4.78, 5) is 29.5. The van der Waals surface area contributed by atoms with Crippen molar-refractivity contribution in [1.82, 2.24) is 9.88 Å². The van der Waals surface area contributed by atoms with Crippen molar-refractivity contribution in [2.24, 2.45) is 11.8 Å². The lowest BCUT2D eigenvalue weighted by Crippen LogP contribution is -2.46. The van der Waals surface area contributed by atoms with Crippen LogP contribution in [0.4, 0.5) is 0 Å². The van der Waals surface area contributed by atoms with Crippen LogP contribution in [0.2, 0.25) is 0 Å². The molecule has 2 rings (SSSR count). The van der Waals surface area contributed by atoms with Gasteiger partial charge in [0.15, 0.2) is 0 Å². The third-order valence-corrected chi connectivity index (χ3v) is 4.52. The number of rotatable bonds is 4. The minimum Gasteiger partial charge on any atom is -0.481 e. The summed E-state index contributed by atoms with van der Waals surface area (Å²) in [5.74, 6) is -1.03. The Morgan fingerprint density at radius 1 is 1.50 bits per heavy atom. The lowest BCUT2D eigenvalue weighted by molar-refractivity contribution is -0.146. The number of nitrogens with zero attached hydrogens (tertiary/aromatic N) is 2. The molecule has 110 valence electrons. The van der Waals surface area contributed by atoms with E-state index >= 15 is 0 Å². The highest BCUT2D eigenvalue weighted by Gasteiger charge is 2.31. The highest BCUT2D eigenvalue weighted by atomic mass is 32.1. The first kappa shape index (κ1) is 15.0. The molecule has 1 aromatic rings. The number of carbonyl (C=O) groups excluding carboxylic acids is 1. The molecule has 2 unspecified atom stereocenters. The average Bonchev–Trinajstić information content (AvgIpc) is 2.85. The second-order valence-electron chi connectivity index (χ2n) is 5.44. The highest BCUT2D eigenvalue weighted by Crippen LogP contribution is 2.23. The van der Waals surface area contributed by atoms with Crippen LogP contribution in [0.3, 0.4) is 0 Å². The van der Waals surface area contributed by atoms with Gasteiger partial charge in [0.25, 0.3) is 0 Å². The molecule has 1 aromatic heterocycles. The number of carbonyl (C=O) groups is 2. The lowest BCUT2D eigenvalue weighted by atomic mass is 9.90. The van der Waals surface area contributed by atoms with Gasteiger partial charge in [0, 0.05) is 18.5 Å². The fourth-order valence-electron chi connectivity index (χ4n) is 2.57. The number of piperidine rings is 1. The number of aromatic nitrogens is 1. The summed E-state index contributed by atoms with van der Waals surface area (Å²) in [5, 5.41) is 11.9. The van der Waals surface area contributed by atoms with Gasteiger partial charge in [0.1, 0.15) is 5.01 Å². The van der Waals surface area contributed by atoms with E-state index in [2.05, 4.69) is 4.98 Å². The van der Waals surface area contributed by atoms with Crippen molar-refractivity contribution < 1.29 is 14.7 Å². The van der Waals surface area contributed by atoms with Gasteiger partial charge in [-0.1, -0.05) is 13.8 Å². The van der Waals surface area contributed by atoms with Crippen LogP contribution in [0.5, 0.6) is 0 Å². The van der Waals surface area contributed by atoms with Gasteiger partial charge in [-0.3, -0.25) is 9.59 Å². The molecule has 0 aliphatic carbocycles. The SMILES string of the molecule is CCc1csc(CC(=O)N2CC(C)CC(C(=O)O)C2)n1. The molecule has 6 heteroatoms. The molecule has 1 saturated heterocycles. The zero-order valence-corrected chi connectivity index (χ0v) is 12.7. The topological polar surface area (TPSA) is 70.5 Å². The van der Waals surface area contributed by atoms with E-state index < -0.39 is 11.9 Å². The summed E-state index contributed by atoms with van der Waals surface area (Å²) >= 11 is 1.50. The quantitative estimate of drug-likeness (QED) is 0.920. The van der Waals surface area contributed by atoms with E-state index in [-0.39, 0.29) is 18.2 Å². The number of aryl methyl sites for hydroxylation is 1. The molecule has 1 N–H and O–H groups in total. The standard InChI is InChI=1S/C14H20N2O3S/c1-3-11-8-20-12(15-11)5-13(17)16-6-9(2)4-10(7-16)14(18)19/h8-10H,3-7H2,1-2H3,(H,18,19). The van der Waals surface area contributed by atoms with Crippen molar-refractivity contribution >= 4 is 23.2 Å². The zero-order valence-electron chi connectivity index (χ0n) is 11.8. The largest absolute Gasteiger partial charge is 0.481 e. The molecule has 1 aliphatic rings. The van der Waals surface area contributed by atoms with Gasteiger partial charge in [-0.15, -0.1) is 11.3 Å². The second kappa shape index (κ2) is 6.35. The van der Waals surface area contributed by atoms with Crippen molar-refractivity contribution in [3.05, 3.63) is 16.1 Å². The van der Waals surface area contributed by atoms with Gasteiger partial charge >= 0.3 is 5.97 Å². The first-order valence-corrected chi connectivity index (χ1v) is 7.81. The third kappa shape index (κ3) is 3.56. The zero-order chi connectivity index (χ0) is 14.7. The number of carboxylic acid groups (broad SMARTS) is 1. The third-order valence-electron chi connectivity index (χ3n) is 3.63. The first-order chi connectivity index (χ1) is 9.49. The minimum atomic E-state index is -0.808. The van der Waals surface area contributed by atoms with Gasteiger partial charge < -0.3 is 10.0 Å². The maximum absolute atomic E-state index is 12.3. The molecule has 20 heavy (non-hydrogen) atoms. The summed E-state index contributed by atoms with van der Waals surface area (Å²) in [5.41, 5.74) is 1.01. The lowest BCUT2D eigenvalue weighted by Gasteiger charge is -2.34. The molecule has 2 heterocycles. The fraction of sp³-hybridized carbons (Fsp3) is 0.643. The normalized spacial score (nSPS) is 22.8. The van der Waals surface area contributed by atoms with Gasteiger partial charge in [-0.05, 0) is 18.8 Å². The van der Waals surface area contributed by atoms with E-state index in [0.717, 1.165) is 17.1 Å². The molecular formula is C14H20N2O3S. The van der Waals surface area contributed by atoms with Crippen LogP contribution in [-0.2, 0) is 22.4 Å². The van der Waals surface area contributed by atoms with Crippen molar-refractivity contribution in [3.8, 4) is 0 Å². The molecule has 0 bridgehead atoms.